The van der Waals surface area contributed by atoms with Gasteiger partial charge < -0.3 is 21.3 Å². The summed E-state index contributed by atoms with van der Waals surface area (Å²) in [5, 5.41) is 0.836. The molecule has 0 spiro atoms. The average Bonchev–Trinajstić information content (AvgIpc) is 2.81. The molecule has 7 heteroatoms. The Morgan fingerprint density at radius 3 is 2.75 bits per heavy atom. The van der Waals surface area contributed by atoms with Crippen LogP contribution in [0.3, 0.4) is 0 Å². The van der Waals surface area contributed by atoms with Gasteiger partial charge in [0.25, 0.3) is 5.91 Å². The molecule has 0 atom stereocenters. The number of thiazole rings is 1. The number of hydrogen-bond acceptors (Lipinski definition) is 6. The maximum absolute atomic E-state index is 12.3. The highest BCUT2D eigenvalue weighted by Gasteiger charge is 2.24. The lowest BCUT2D eigenvalue weighted by atomic mass is 10.1. The topological polar surface area (TPSA) is 88.5 Å². The Morgan fingerprint density at radius 1 is 1.50 bits per heavy atom. The molecule has 1 fully saturated rings. The number of rotatable bonds is 4. The number of piperidine rings is 1. The molecule has 0 bridgehead atoms. The van der Waals surface area contributed by atoms with E-state index in [2.05, 4.69) is 9.88 Å². The van der Waals surface area contributed by atoms with E-state index < -0.39 is 0 Å². The first-order valence-electron chi connectivity index (χ1n) is 7.05. The SMILES string of the molecule is CCCN(C)C(=O)c1sc(N2CCC(N)CC2)nc1N. The summed E-state index contributed by atoms with van der Waals surface area (Å²) in [5.74, 6) is 0.301. The molecule has 20 heavy (non-hydrogen) atoms. The van der Waals surface area contributed by atoms with Crippen LogP contribution in [0.25, 0.3) is 0 Å². The molecule has 0 unspecified atom stereocenters. The Bertz CT molecular complexity index is 467. The third kappa shape index (κ3) is 3.21. The van der Waals surface area contributed by atoms with Crippen LogP contribution < -0.4 is 16.4 Å². The quantitative estimate of drug-likeness (QED) is 0.870. The monoisotopic (exact) mass is 297 g/mol. The second kappa shape index (κ2) is 6.41. The third-order valence-corrected chi connectivity index (χ3v) is 4.67. The number of aromatic nitrogens is 1. The number of hydrogen-bond donors (Lipinski definition) is 2. The van der Waals surface area contributed by atoms with E-state index in [1.165, 1.54) is 11.3 Å². The van der Waals surface area contributed by atoms with E-state index in [4.69, 9.17) is 11.5 Å². The molecule has 1 aliphatic rings. The standard InChI is InChI=1S/C13H23N5OS/c1-3-6-17(2)12(19)10-11(15)16-13(20-10)18-7-4-9(14)5-8-18/h9H,3-8,14-15H2,1-2H3. The molecule has 1 aromatic heterocycles. The first-order valence-corrected chi connectivity index (χ1v) is 7.86. The molecule has 1 aliphatic heterocycles. The Morgan fingerprint density at radius 2 is 2.15 bits per heavy atom. The van der Waals surface area contributed by atoms with E-state index in [0.29, 0.717) is 10.7 Å². The van der Waals surface area contributed by atoms with Crippen molar-refractivity contribution in [2.75, 3.05) is 37.3 Å². The van der Waals surface area contributed by atoms with Crippen LogP contribution in [0.5, 0.6) is 0 Å². The van der Waals surface area contributed by atoms with Crippen molar-refractivity contribution in [3.8, 4) is 0 Å². The van der Waals surface area contributed by atoms with Crippen LogP contribution in [-0.4, -0.2) is 48.5 Å². The van der Waals surface area contributed by atoms with Gasteiger partial charge in [-0.05, 0) is 19.3 Å². The summed E-state index contributed by atoms with van der Waals surface area (Å²) < 4.78 is 0. The van der Waals surface area contributed by atoms with Gasteiger partial charge in [0, 0.05) is 32.7 Å². The molecule has 6 nitrogen and oxygen atoms in total. The van der Waals surface area contributed by atoms with E-state index in [1.54, 1.807) is 11.9 Å². The van der Waals surface area contributed by atoms with E-state index in [1.807, 2.05) is 6.92 Å². The highest BCUT2D eigenvalue weighted by atomic mass is 32.1. The van der Waals surface area contributed by atoms with Crippen molar-refractivity contribution < 1.29 is 4.79 Å². The molecule has 2 heterocycles. The minimum Gasteiger partial charge on any atom is -0.382 e. The zero-order chi connectivity index (χ0) is 14.7. The van der Waals surface area contributed by atoms with Gasteiger partial charge in [-0.15, -0.1) is 0 Å². The Hall–Kier alpha value is -1.34. The van der Waals surface area contributed by atoms with Gasteiger partial charge in [-0.25, -0.2) is 4.98 Å². The van der Waals surface area contributed by atoms with Crippen molar-refractivity contribution in [1.29, 1.82) is 0 Å². The van der Waals surface area contributed by atoms with Gasteiger partial charge in [0.15, 0.2) is 5.13 Å². The highest BCUT2D eigenvalue weighted by molar-refractivity contribution is 7.18. The molecule has 1 aromatic rings. The van der Waals surface area contributed by atoms with Crippen LogP contribution in [0.1, 0.15) is 35.9 Å². The molecule has 1 amide bonds. The average molecular weight is 297 g/mol. The van der Waals surface area contributed by atoms with Crippen molar-refractivity contribution in [2.45, 2.75) is 32.2 Å². The van der Waals surface area contributed by atoms with Crippen LogP contribution in [0.4, 0.5) is 10.9 Å². The summed E-state index contributed by atoms with van der Waals surface area (Å²) in [6.45, 7) is 4.53. The van der Waals surface area contributed by atoms with Crippen LogP contribution in [0, 0.1) is 0 Å². The molecule has 2 rings (SSSR count). The molecule has 0 saturated carbocycles. The molecule has 0 radical (unpaired) electrons. The summed E-state index contributed by atoms with van der Waals surface area (Å²) in [6.07, 6.45) is 2.84. The van der Waals surface area contributed by atoms with Crippen molar-refractivity contribution in [3.63, 3.8) is 0 Å². The lowest BCUT2D eigenvalue weighted by molar-refractivity contribution is 0.0800. The summed E-state index contributed by atoms with van der Waals surface area (Å²) in [5.41, 5.74) is 11.8. The van der Waals surface area contributed by atoms with Crippen LogP contribution in [0.15, 0.2) is 0 Å². The molecular weight excluding hydrogens is 274 g/mol. The first kappa shape index (κ1) is 15.1. The van der Waals surface area contributed by atoms with Gasteiger partial charge in [-0.1, -0.05) is 18.3 Å². The molecule has 1 saturated heterocycles. The van der Waals surface area contributed by atoms with E-state index >= 15 is 0 Å². The maximum atomic E-state index is 12.3. The van der Waals surface area contributed by atoms with Gasteiger partial charge in [0.1, 0.15) is 10.7 Å². The minimum absolute atomic E-state index is 0.0400. The second-order valence-corrected chi connectivity index (χ2v) is 6.24. The summed E-state index contributed by atoms with van der Waals surface area (Å²) in [6, 6.07) is 0.278. The van der Waals surface area contributed by atoms with E-state index in [0.717, 1.165) is 44.0 Å². The number of nitrogen functional groups attached to an aromatic ring is 1. The smallest absolute Gasteiger partial charge is 0.267 e. The largest absolute Gasteiger partial charge is 0.382 e. The molecule has 0 aromatic carbocycles. The molecule has 112 valence electrons. The van der Waals surface area contributed by atoms with Crippen molar-refractivity contribution in [1.82, 2.24) is 9.88 Å². The summed E-state index contributed by atoms with van der Waals surface area (Å²) >= 11 is 1.39. The summed E-state index contributed by atoms with van der Waals surface area (Å²) in [7, 11) is 1.80. The Balaban J connectivity index is 2.11. The van der Waals surface area contributed by atoms with Crippen LogP contribution in [0.2, 0.25) is 0 Å². The number of nitrogens with zero attached hydrogens (tertiary/aromatic N) is 3. The van der Waals surface area contributed by atoms with Gasteiger partial charge in [0.2, 0.25) is 0 Å². The number of carbonyl (C=O) groups excluding carboxylic acids is 1. The number of carbonyl (C=O) groups is 1. The number of amides is 1. The summed E-state index contributed by atoms with van der Waals surface area (Å²) in [4.78, 5) is 21.0. The predicted octanol–water partition coefficient (Wildman–Crippen LogP) is 1.13. The van der Waals surface area contributed by atoms with E-state index in [9.17, 15) is 4.79 Å². The van der Waals surface area contributed by atoms with Gasteiger partial charge in [-0.3, -0.25) is 4.79 Å². The lowest BCUT2D eigenvalue weighted by Crippen LogP contribution is -2.39. The van der Waals surface area contributed by atoms with Crippen molar-refractivity contribution in [3.05, 3.63) is 4.88 Å². The normalized spacial score (nSPS) is 16.4. The zero-order valence-electron chi connectivity index (χ0n) is 12.1. The second-order valence-electron chi connectivity index (χ2n) is 5.26. The third-order valence-electron chi connectivity index (χ3n) is 3.55. The zero-order valence-corrected chi connectivity index (χ0v) is 12.9. The van der Waals surface area contributed by atoms with Gasteiger partial charge in [-0.2, -0.15) is 0 Å². The van der Waals surface area contributed by atoms with Crippen LogP contribution >= 0.6 is 11.3 Å². The fraction of sp³-hybridized carbons (Fsp3) is 0.692. The van der Waals surface area contributed by atoms with Crippen molar-refractivity contribution >= 4 is 28.2 Å². The molecule has 0 aliphatic carbocycles. The Kier molecular flexibility index (Phi) is 4.82. The Labute approximate surface area is 123 Å². The fourth-order valence-electron chi connectivity index (χ4n) is 2.31. The van der Waals surface area contributed by atoms with Crippen LogP contribution in [-0.2, 0) is 0 Å². The van der Waals surface area contributed by atoms with Gasteiger partial charge >= 0.3 is 0 Å². The molecular formula is C13H23N5OS. The number of anilines is 2. The maximum Gasteiger partial charge on any atom is 0.267 e. The lowest BCUT2D eigenvalue weighted by Gasteiger charge is -2.29. The minimum atomic E-state index is -0.0400. The number of nitrogens with two attached hydrogens (primary N) is 2. The predicted molar refractivity (Wildman–Crippen MR) is 83.2 cm³/mol. The molecule has 4 N–H and O–H groups in total. The fourth-order valence-corrected chi connectivity index (χ4v) is 3.34. The first-order chi connectivity index (χ1) is 9.52. The van der Waals surface area contributed by atoms with E-state index in [-0.39, 0.29) is 11.9 Å². The van der Waals surface area contributed by atoms with Gasteiger partial charge in [0.05, 0.1) is 0 Å². The van der Waals surface area contributed by atoms with Crippen molar-refractivity contribution in [2.24, 2.45) is 5.73 Å². The highest BCUT2D eigenvalue weighted by Crippen LogP contribution is 2.30.